The third-order valence-corrected chi connectivity index (χ3v) is 6.04. The first-order chi connectivity index (χ1) is 11.4. The van der Waals surface area contributed by atoms with Crippen molar-refractivity contribution in [1.82, 2.24) is 14.8 Å². The highest BCUT2D eigenvalue weighted by Gasteiger charge is 2.25. The molecule has 2 aliphatic heterocycles. The topological polar surface area (TPSA) is 32.5 Å². The van der Waals surface area contributed by atoms with E-state index in [-0.39, 0.29) is 0 Å². The quantitative estimate of drug-likeness (QED) is 0.852. The molecule has 0 unspecified atom stereocenters. The average molecular weight is 331 g/mol. The number of furan rings is 1. The monoisotopic (exact) mass is 331 g/mol. The summed E-state index contributed by atoms with van der Waals surface area (Å²) >= 11 is 1.68. The number of likely N-dealkylation sites (tertiary alicyclic amines) is 2. The molecule has 2 aliphatic rings. The van der Waals surface area contributed by atoms with Gasteiger partial charge in [0, 0.05) is 31.1 Å². The van der Waals surface area contributed by atoms with E-state index in [2.05, 4.69) is 15.2 Å². The van der Waals surface area contributed by atoms with Gasteiger partial charge in [-0.05, 0) is 50.9 Å². The lowest BCUT2D eigenvalue weighted by molar-refractivity contribution is 0.0892. The maximum atomic E-state index is 5.43. The van der Waals surface area contributed by atoms with Gasteiger partial charge in [0.05, 0.1) is 12.0 Å². The van der Waals surface area contributed by atoms with Crippen molar-refractivity contribution in [3.05, 3.63) is 29.5 Å². The Balaban J connectivity index is 1.29. The highest BCUT2D eigenvalue weighted by atomic mass is 32.1. The smallest absolute Gasteiger partial charge is 0.162 e. The first kappa shape index (κ1) is 15.4. The number of hydrogen-bond donors (Lipinski definition) is 0. The van der Waals surface area contributed by atoms with Gasteiger partial charge in [0.15, 0.2) is 10.8 Å². The molecule has 4 rings (SSSR count). The normalized spacial score (nSPS) is 21.7. The van der Waals surface area contributed by atoms with Gasteiger partial charge in [0.1, 0.15) is 0 Å². The van der Waals surface area contributed by atoms with E-state index in [1.165, 1.54) is 64.0 Å². The summed E-state index contributed by atoms with van der Waals surface area (Å²) in [5, 5.41) is 3.17. The maximum Gasteiger partial charge on any atom is 0.162 e. The minimum absolute atomic E-state index is 0.820. The van der Waals surface area contributed by atoms with Crippen molar-refractivity contribution < 1.29 is 4.42 Å². The Morgan fingerprint density at radius 2 is 1.96 bits per heavy atom. The molecule has 2 saturated heterocycles. The molecule has 0 saturated carbocycles. The van der Waals surface area contributed by atoms with Crippen LogP contribution < -0.4 is 0 Å². The molecule has 0 atom stereocenters. The Bertz CT molecular complexity index is 596. The molecule has 2 aromatic heterocycles. The van der Waals surface area contributed by atoms with Gasteiger partial charge in [-0.15, -0.1) is 11.3 Å². The van der Waals surface area contributed by atoms with Crippen LogP contribution >= 0.6 is 11.3 Å². The molecule has 0 aromatic carbocycles. The lowest BCUT2D eigenvalue weighted by Crippen LogP contribution is -2.46. The van der Waals surface area contributed by atoms with Crippen molar-refractivity contribution in [3.8, 4) is 10.8 Å². The molecule has 0 amide bonds. The molecule has 2 fully saturated rings. The van der Waals surface area contributed by atoms with E-state index in [1.807, 2.05) is 12.1 Å². The van der Waals surface area contributed by atoms with E-state index in [1.54, 1.807) is 17.6 Å². The van der Waals surface area contributed by atoms with E-state index < -0.39 is 0 Å². The molecular weight excluding hydrogens is 306 g/mol. The number of thiazole rings is 1. The molecule has 124 valence electrons. The maximum absolute atomic E-state index is 5.43. The van der Waals surface area contributed by atoms with Gasteiger partial charge in [-0.2, -0.15) is 0 Å². The molecule has 2 aromatic rings. The van der Waals surface area contributed by atoms with Crippen LogP contribution in [0.1, 0.15) is 37.8 Å². The Kier molecular flexibility index (Phi) is 4.78. The minimum atomic E-state index is 0.820. The molecule has 0 N–H and O–H groups in total. The first-order valence-corrected chi connectivity index (χ1v) is 9.71. The van der Waals surface area contributed by atoms with Crippen LogP contribution in [-0.2, 0) is 6.54 Å². The summed E-state index contributed by atoms with van der Waals surface area (Å²) in [6.45, 7) is 6.03. The second kappa shape index (κ2) is 7.16. The predicted octanol–water partition coefficient (Wildman–Crippen LogP) is 3.85. The summed E-state index contributed by atoms with van der Waals surface area (Å²) in [4.78, 5) is 10.0. The van der Waals surface area contributed by atoms with Crippen LogP contribution in [0.5, 0.6) is 0 Å². The Morgan fingerprint density at radius 1 is 1.13 bits per heavy atom. The van der Waals surface area contributed by atoms with Crippen LogP contribution in [0.2, 0.25) is 0 Å². The predicted molar refractivity (Wildman–Crippen MR) is 93.5 cm³/mol. The van der Waals surface area contributed by atoms with Crippen LogP contribution in [0.3, 0.4) is 0 Å². The largest absolute Gasteiger partial charge is 0.462 e. The third-order valence-electron chi connectivity index (χ3n) is 5.13. The van der Waals surface area contributed by atoms with Crippen LogP contribution in [0.4, 0.5) is 0 Å². The van der Waals surface area contributed by atoms with Crippen molar-refractivity contribution in [1.29, 1.82) is 0 Å². The second-order valence-corrected chi connectivity index (χ2v) is 7.58. The number of aromatic nitrogens is 1. The van der Waals surface area contributed by atoms with Crippen LogP contribution in [0.15, 0.2) is 28.2 Å². The summed E-state index contributed by atoms with van der Waals surface area (Å²) in [7, 11) is 0. The molecule has 4 heterocycles. The number of hydrogen-bond acceptors (Lipinski definition) is 5. The fourth-order valence-corrected chi connectivity index (χ4v) is 4.63. The van der Waals surface area contributed by atoms with Crippen molar-refractivity contribution in [2.24, 2.45) is 0 Å². The molecule has 23 heavy (non-hydrogen) atoms. The van der Waals surface area contributed by atoms with Crippen LogP contribution in [-0.4, -0.2) is 47.0 Å². The molecule has 5 heteroatoms. The van der Waals surface area contributed by atoms with Crippen molar-refractivity contribution in [2.45, 2.75) is 44.7 Å². The van der Waals surface area contributed by atoms with Gasteiger partial charge < -0.3 is 9.32 Å². The van der Waals surface area contributed by atoms with Crippen molar-refractivity contribution in [3.63, 3.8) is 0 Å². The van der Waals surface area contributed by atoms with Crippen LogP contribution in [0, 0.1) is 0 Å². The summed E-state index contributed by atoms with van der Waals surface area (Å²) in [5.74, 6) is 0.880. The fourth-order valence-electron chi connectivity index (χ4n) is 3.85. The second-order valence-electron chi connectivity index (χ2n) is 6.73. The van der Waals surface area contributed by atoms with Crippen molar-refractivity contribution in [2.75, 3.05) is 26.2 Å². The number of rotatable bonds is 4. The van der Waals surface area contributed by atoms with E-state index in [9.17, 15) is 0 Å². The van der Waals surface area contributed by atoms with E-state index in [4.69, 9.17) is 9.40 Å². The molecule has 0 spiro atoms. The lowest BCUT2D eigenvalue weighted by atomic mass is 10.00. The van der Waals surface area contributed by atoms with Gasteiger partial charge in [-0.1, -0.05) is 6.42 Å². The van der Waals surface area contributed by atoms with Gasteiger partial charge in [-0.3, -0.25) is 4.90 Å². The molecule has 0 radical (unpaired) electrons. The zero-order chi connectivity index (χ0) is 15.5. The van der Waals surface area contributed by atoms with Crippen molar-refractivity contribution >= 4 is 11.3 Å². The number of piperidine rings is 2. The average Bonchev–Trinajstić information content (AvgIpc) is 3.28. The van der Waals surface area contributed by atoms with E-state index in [0.717, 1.165) is 23.4 Å². The fraction of sp³-hybridized carbons (Fsp3) is 0.611. The third kappa shape index (κ3) is 3.67. The Hall–Kier alpha value is -1.17. The lowest BCUT2D eigenvalue weighted by Gasteiger charge is -2.40. The minimum Gasteiger partial charge on any atom is -0.462 e. The zero-order valence-corrected chi connectivity index (χ0v) is 14.4. The Labute approximate surface area is 142 Å². The van der Waals surface area contributed by atoms with Gasteiger partial charge in [0.2, 0.25) is 0 Å². The van der Waals surface area contributed by atoms with E-state index >= 15 is 0 Å². The first-order valence-electron chi connectivity index (χ1n) is 8.83. The zero-order valence-electron chi connectivity index (χ0n) is 13.6. The molecule has 0 aliphatic carbocycles. The van der Waals surface area contributed by atoms with Gasteiger partial charge in [-0.25, -0.2) is 4.98 Å². The number of nitrogens with zero attached hydrogens (tertiary/aromatic N) is 3. The Morgan fingerprint density at radius 3 is 2.70 bits per heavy atom. The van der Waals surface area contributed by atoms with Gasteiger partial charge in [0.25, 0.3) is 0 Å². The molecular formula is C18H25N3OS. The summed E-state index contributed by atoms with van der Waals surface area (Å²) < 4.78 is 5.43. The summed E-state index contributed by atoms with van der Waals surface area (Å²) in [6.07, 6.45) is 8.56. The van der Waals surface area contributed by atoms with Crippen LogP contribution in [0.25, 0.3) is 10.8 Å². The standard InChI is InChI=1S/C18H25N3OS/c1-2-8-21(9-3-1)16-6-10-20(11-7-16)13-15-14-23-18(19-15)17-5-4-12-22-17/h4-5,12,14,16H,1-3,6-11,13H2. The van der Waals surface area contributed by atoms with Gasteiger partial charge >= 0.3 is 0 Å². The molecule has 4 nitrogen and oxygen atoms in total. The summed E-state index contributed by atoms with van der Waals surface area (Å²) in [5.41, 5.74) is 1.18. The molecule has 0 bridgehead atoms. The highest BCUT2D eigenvalue weighted by molar-refractivity contribution is 7.13. The summed E-state index contributed by atoms with van der Waals surface area (Å²) in [6, 6.07) is 4.72. The SMILES string of the molecule is c1coc(-c2nc(CN3CCC(N4CCCCC4)CC3)cs2)c1. The highest BCUT2D eigenvalue weighted by Crippen LogP contribution is 2.26. The van der Waals surface area contributed by atoms with E-state index in [0.29, 0.717) is 0 Å².